The van der Waals surface area contributed by atoms with E-state index in [1.165, 1.54) is 95.5 Å². The third-order valence-corrected chi connectivity index (χ3v) is 7.72. The fraction of sp³-hybridized carbons (Fsp3) is 0.667. The first-order valence-corrected chi connectivity index (χ1v) is 13.1. The highest BCUT2D eigenvalue weighted by atomic mass is 14.3. The predicted octanol–water partition coefficient (Wildman–Crippen LogP) is 9.05. The maximum absolute atomic E-state index is 3.34. The first-order chi connectivity index (χ1) is 14.8. The Morgan fingerprint density at radius 2 is 1.33 bits per heavy atom. The molecule has 0 atom stereocenters. The molecule has 0 bridgehead atoms. The van der Waals surface area contributed by atoms with Gasteiger partial charge in [0.15, 0.2) is 0 Å². The van der Waals surface area contributed by atoms with Crippen molar-refractivity contribution in [3.05, 3.63) is 47.5 Å². The normalized spacial score (nSPS) is 27.0. The van der Waals surface area contributed by atoms with Gasteiger partial charge >= 0.3 is 0 Å². The van der Waals surface area contributed by atoms with E-state index in [1.54, 1.807) is 0 Å². The highest BCUT2D eigenvalue weighted by Gasteiger charge is 2.22. The molecular formula is C30H44. The van der Waals surface area contributed by atoms with Gasteiger partial charge in [-0.1, -0.05) is 82.4 Å². The van der Waals surface area contributed by atoms with Crippen LogP contribution in [0.1, 0.15) is 121 Å². The Balaban J connectivity index is 1.40. The molecule has 0 aromatic heterocycles. The van der Waals surface area contributed by atoms with Crippen LogP contribution < -0.4 is 0 Å². The van der Waals surface area contributed by atoms with Gasteiger partial charge in [0.05, 0.1) is 0 Å². The first-order valence-electron chi connectivity index (χ1n) is 13.1. The maximum atomic E-state index is 3.34. The fourth-order valence-corrected chi connectivity index (χ4v) is 5.59. The highest BCUT2D eigenvalue weighted by molar-refractivity contribution is 5.39. The molecule has 1 aromatic carbocycles. The van der Waals surface area contributed by atoms with E-state index in [0.717, 1.165) is 29.2 Å². The van der Waals surface area contributed by atoms with Crippen LogP contribution in [-0.4, -0.2) is 0 Å². The average Bonchev–Trinajstić information content (AvgIpc) is 2.81. The van der Waals surface area contributed by atoms with E-state index < -0.39 is 0 Å². The zero-order valence-electron chi connectivity index (χ0n) is 19.7. The fourth-order valence-electron chi connectivity index (χ4n) is 5.59. The van der Waals surface area contributed by atoms with E-state index in [1.807, 2.05) is 0 Å². The molecule has 30 heavy (non-hydrogen) atoms. The largest absolute Gasteiger partial charge is 0.0730 e. The number of unbranched alkanes of at least 4 members (excludes halogenated alkanes) is 2. The van der Waals surface area contributed by atoms with Crippen LogP contribution in [-0.2, 0) is 0 Å². The number of hydrogen-bond donors (Lipinski definition) is 0. The van der Waals surface area contributed by atoms with Crippen molar-refractivity contribution in [2.45, 2.75) is 110 Å². The molecule has 2 aliphatic carbocycles. The number of allylic oxidation sites excluding steroid dienone is 2. The van der Waals surface area contributed by atoms with Gasteiger partial charge in [0, 0.05) is 5.56 Å². The molecular weight excluding hydrogens is 360 g/mol. The number of benzene rings is 1. The number of hydrogen-bond acceptors (Lipinski definition) is 0. The molecule has 2 saturated carbocycles. The van der Waals surface area contributed by atoms with E-state index in [9.17, 15) is 0 Å². The van der Waals surface area contributed by atoms with E-state index in [4.69, 9.17) is 0 Å². The van der Waals surface area contributed by atoms with Gasteiger partial charge < -0.3 is 0 Å². The summed E-state index contributed by atoms with van der Waals surface area (Å²) in [6, 6.07) is 9.14. The Kier molecular flexibility index (Phi) is 10.1. The van der Waals surface area contributed by atoms with Crippen molar-refractivity contribution in [2.24, 2.45) is 17.8 Å². The maximum Gasteiger partial charge on any atom is 0.0249 e. The minimum Gasteiger partial charge on any atom is -0.0730 e. The van der Waals surface area contributed by atoms with E-state index >= 15 is 0 Å². The standard InChI is InChI=1S/C30H44/c1-3-5-9-25-13-15-27(16-14-25)11-7-8-12-28-19-23-30(24-20-28)29-21-17-26(18-22-29)10-6-4-2/h7,11,19-20,23-27,29H,3-6,9-10,13-18,21-22H2,1-2H3/b11-7+. The molecule has 1 aromatic rings. The Morgan fingerprint density at radius 3 is 1.90 bits per heavy atom. The predicted molar refractivity (Wildman–Crippen MR) is 132 cm³/mol. The van der Waals surface area contributed by atoms with Gasteiger partial charge in [-0.25, -0.2) is 0 Å². The minimum atomic E-state index is 0.756. The topological polar surface area (TPSA) is 0 Å². The molecule has 0 saturated heterocycles. The highest BCUT2D eigenvalue weighted by Crippen LogP contribution is 2.37. The van der Waals surface area contributed by atoms with E-state index in [2.05, 4.69) is 62.1 Å². The van der Waals surface area contributed by atoms with E-state index in [-0.39, 0.29) is 0 Å². The zero-order valence-corrected chi connectivity index (χ0v) is 19.7. The summed E-state index contributed by atoms with van der Waals surface area (Å²) in [7, 11) is 0. The molecule has 2 fully saturated rings. The van der Waals surface area contributed by atoms with Crippen LogP contribution in [0.15, 0.2) is 36.4 Å². The van der Waals surface area contributed by atoms with Gasteiger partial charge in [0.25, 0.3) is 0 Å². The minimum absolute atomic E-state index is 0.756. The van der Waals surface area contributed by atoms with Gasteiger partial charge in [-0.05, 0) is 98.8 Å². The van der Waals surface area contributed by atoms with Crippen molar-refractivity contribution in [2.75, 3.05) is 0 Å². The van der Waals surface area contributed by atoms with Crippen LogP contribution in [0.2, 0.25) is 0 Å². The van der Waals surface area contributed by atoms with Crippen molar-refractivity contribution in [1.82, 2.24) is 0 Å². The molecule has 2 aliphatic rings. The molecule has 3 rings (SSSR count). The number of rotatable bonds is 8. The summed E-state index contributed by atoms with van der Waals surface area (Å²) in [6.45, 7) is 4.62. The van der Waals surface area contributed by atoms with Gasteiger partial charge in [0.1, 0.15) is 0 Å². The second kappa shape index (κ2) is 13.0. The SMILES string of the molecule is CCCCC1CCC(/C=C/C#Cc2ccc(C3CCC(CCCC)CC3)cc2)CC1. The van der Waals surface area contributed by atoms with Gasteiger partial charge in [-0.2, -0.15) is 0 Å². The van der Waals surface area contributed by atoms with Crippen LogP contribution >= 0.6 is 0 Å². The van der Waals surface area contributed by atoms with Crippen LogP contribution in [0, 0.1) is 29.6 Å². The first kappa shape index (κ1) is 23.2. The van der Waals surface area contributed by atoms with Crippen LogP contribution in [0.4, 0.5) is 0 Å². The van der Waals surface area contributed by atoms with Crippen molar-refractivity contribution in [3.63, 3.8) is 0 Å². The van der Waals surface area contributed by atoms with Crippen molar-refractivity contribution in [3.8, 4) is 11.8 Å². The quantitative estimate of drug-likeness (QED) is 0.379. The lowest BCUT2D eigenvalue weighted by Gasteiger charge is -2.28. The molecule has 164 valence electrons. The van der Waals surface area contributed by atoms with Crippen molar-refractivity contribution >= 4 is 0 Å². The van der Waals surface area contributed by atoms with Gasteiger partial charge in [0.2, 0.25) is 0 Å². The summed E-state index contributed by atoms with van der Waals surface area (Å²) in [5.41, 5.74) is 2.69. The van der Waals surface area contributed by atoms with E-state index in [0.29, 0.717) is 0 Å². The molecule has 0 aliphatic heterocycles. The van der Waals surface area contributed by atoms with Crippen molar-refractivity contribution in [1.29, 1.82) is 0 Å². The zero-order chi connectivity index (χ0) is 21.0. The Morgan fingerprint density at radius 1 is 0.767 bits per heavy atom. The summed E-state index contributed by atoms with van der Waals surface area (Å²) >= 11 is 0. The summed E-state index contributed by atoms with van der Waals surface area (Å²) in [6.07, 6.45) is 24.1. The third-order valence-electron chi connectivity index (χ3n) is 7.72. The Labute approximate surface area is 186 Å². The Bertz CT molecular complexity index is 667. The summed E-state index contributed by atoms with van der Waals surface area (Å²) in [5, 5.41) is 0. The smallest absolute Gasteiger partial charge is 0.0249 e. The van der Waals surface area contributed by atoms with Crippen molar-refractivity contribution < 1.29 is 0 Å². The summed E-state index contributed by atoms with van der Waals surface area (Å²) in [4.78, 5) is 0. The average molecular weight is 405 g/mol. The summed E-state index contributed by atoms with van der Waals surface area (Å²) < 4.78 is 0. The van der Waals surface area contributed by atoms with Gasteiger partial charge in [-0.15, -0.1) is 0 Å². The lowest BCUT2D eigenvalue weighted by Crippen LogP contribution is -2.13. The second-order valence-electron chi connectivity index (χ2n) is 10.0. The molecule has 0 nitrogen and oxygen atoms in total. The lowest BCUT2D eigenvalue weighted by atomic mass is 9.77. The monoisotopic (exact) mass is 404 g/mol. The third kappa shape index (κ3) is 7.65. The molecule has 0 N–H and O–H groups in total. The molecule has 0 amide bonds. The molecule has 0 spiro atoms. The van der Waals surface area contributed by atoms with Crippen LogP contribution in [0.25, 0.3) is 0 Å². The molecule has 0 heteroatoms. The molecule has 0 heterocycles. The molecule has 0 unspecified atom stereocenters. The Hall–Kier alpha value is -1.48. The van der Waals surface area contributed by atoms with Crippen LogP contribution in [0.5, 0.6) is 0 Å². The summed E-state index contributed by atoms with van der Waals surface area (Å²) in [5.74, 6) is 10.1. The second-order valence-corrected chi connectivity index (χ2v) is 10.0. The van der Waals surface area contributed by atoms with Gasteiger partial charge in [-0.3, -0.25) is 0 Å². The van der Waals surface area contributed by atoms with Crippen LogP contribution in [0.3, 0.4) is 0 Å². The lowest BCUT2D eigenvalue weighted by molar-refractivity contribution is 0.291. The molecule has 0 radical (unpaired) electrons.